The minimum absolute atomic E-state index is 0.232. The van der Waals surface area contributed by atoms with Crippen molar-refractivity contribution in [2.45, 2.75) is 20.5 Å². The first-order chi connectivity index (χ1) is 14.5. The second-order valence-electron chi connectivity index (χ2n) is 6.84. The molecule has 0 bridgehead atoms. The number of hydrogen-bond donors (Lipinski definition) is 0. The second kappa shape index (κ2) is 10.3. The van der Waals surface area contributed by atoms with Crippen molar-refractivity contribution >= 4 is 12.3 Å². The molecule has 5 heteroatoms. The standard InChI is InChI=1S/C25H24O5/c1-18-14-24(29-13-12-28-19(2)27)10-11-25(18)22-5-3-4-21(15-22)17-30-23-8-6-20(16-26)7-9-23/h3-11,14-16H,12-13,17H2,1-2H3. The van der Waals surface area contributed by atoms with Crippen LogP contribution < -0.4 is 9.47 Å². The molecule has 0 aromatic heterocycles. The van der Waals surface area contributed by atoms with Crippen LogP contribution in [-0.2, 0) is 16.1 Å². The van der Waals surface area contributed by atoms with Gasteiger partial charge in [0.25, 0.3) is 0 Å². The highest BCUT2D eigenvalue weighted by Crippen LogP contribution is 2.28. The average Bonchev–Trinajstić information content (AvgIpc) is 2.76. The number of hydrogen-bond acceptors (Lipinski definition) is 5. The Balaban J connectivity index is 1.64. The molecule has 0 N–H and O–H groups in total. The van der Waals surface area contributed by atoms with Crippen LogP contribution in [0.25, 0.3) is 11.1 Å². The number of carbonyl (C=O) groups is 2. The van der Waals surface area contributed by atoms with Crippen molar-refractivity contribution in [2.75, 3.05) is 13.2 Å². The topological polar surface area (TPSA) is 61.8 Å². The van der Waals surface area contributed by atoms with Gasteiger partial charge in [0.2, 0.25) is 0 Å². The summed E-state index contributed by atoms with van der Waals surface area (Å²) in [5, 5.41) is 0. The Morgan fingerprint density at radius 2 is 1.67 bits per heavy atom. The van der Waals surface area contributed by atoms with Crippen LogP contribution in [0.1, 0.15) is 28.4 Å². The number of rotatable bonds is 9. The van der Waals surface area contributed by atoms with E-state index in [4.69, 9.17) is 14.2 Å². The lowest BCUT2D eigenvalue weighted by Crippen LogP contribution is -2.09. The Hall–Kier alpha value is -3.60. The molecule has 3 rings (SSSR count). The molecule has 0 aliphatic heterocycles. The van der Waals surface area contributed by atoms with Crippen LogP contribution in [0.5, 0.6) is 11.5 Å². The summed E-state index contributed by atoms with van der Waals surface area (Å²) in [4.78, 5) is 21.5. The van der Waals surface area contributed by atoms with Gasteiger partial charge in [0.1, 0.15) is 37.6 Å². The molecular weight excluding hydrogens is 380 g/mol. The smallest absolute Gasteiger partial charge is 0.302 e. The first-order valence-corrected chi connectivity index (χ1v) is 9.69. The lowest BCUT2D eigenvalue weighted by molar-refractivity contribution is -0.141. The predicted octanol–water partition coefficient (Wildman–Crippen LogP) is 5.00. The Morgan fingerprint density at radius 1 is 0.900 bits per heavy atom. The Labute approximate surface area is 176 Å². The lowest BCUT2D eigenvalue weighted by atomic mass is 9.99. The molecule has 0 unspecified atom stereocenters. The van der Waals surface area contributed by atoms with Crippen molar-refractivity contribution in [3.05, 3.63) is 83.4 Å². The molecule has 0 aliphatic carbocycles. The maximum Gasteiger partial charge on any atom is 0.302 e. The third kappa shape index (κ3) is 5.95. The van der Waals surface area contributed by atoms with Gasteiger partial charge in [-0.2, -0.15) is 0 Å². The van der Waals surface area contributed by atoms with Crippen molar-refractivity contribution in [3.63, 3.8) is 0 Å². The minimum Gasteiger partial charge on any atom is -0.490 e. The fourth-order valence-electron chi connectivity index (χ4n) is 3.03. The number of ether oxygens (including phenoxy) is 3. The van der Waals surface area contributed by atoms with Crippen LogP contribution in [0.3, 0.4) is 0 Å². The third-order valence-electron chi connectivity index (χ3n) is 4.51. The van der Waals surface area contributed by atoms with Crippen LogP contribution in [0.15, 0.2) is 66.7 Å². The summed E-state index contributed by atoms with van der Waals surface area (Å²) in [6, 6.07) is 21.1. The van der Waals surface area contributed by atoms with Crippen LogP contribution in [0.4, 0.5) is 0 Å². The quantitative estimate of drug-likeness (QED) is 0.285. The molecular formula is C25H24O5. The zero-order valence-corrected chi connectivity index (χ0v) is 17.1. The van der Waals surface area contributed by atoms with Gasteiger partial charge in [-0.05, 0) is 71.6 Å². The highest BCUT2D eigenvalue weighted by Gasteiger charge is 2.06. The number of aldehydes is 1. The van der Waals surface area contributed by atoms with E-state index in [1.165, 1.54) is 6.92 Å². The van der Waals surface area contributed by atoms with Crippen LogP contribution in [0.2, 0.25) is 0 Å². The summed E-state index contributed by atoms with van der Waals surface area (Å²) in [6.07, 6.45) is 0.811. The molecule has 0 radical (unpaired) electrons. The molecule has 0 atom stereocenters. The highest BCUT2D eigenvalue weighted by molar-refractivity contribution is 5.74. The largest absolute Gasteiger partial charge is 0.490 e. The zero-order chi connectivity index (χ0) is 21.3. The van der Waals surface area contributed by atoms with E-state index in [-0.39, 0.29) is 12.6 Å². The van der Waals surface area contributed by atoms with E-state index in [9.17, 15) is 9.59 Å². The van der Waals surface area contributed by atoms with Gasteiger partial charge >= 0.3 is 5.97 Å². The van der Waals surface area contributed by atoms with E-state index in [0.29, 0.717) is 18.8 Å². The van der Waals surface area contributed by atoms with E-state index in [0.717, 1.165) is 40.0 Å². The van der Waals surface area contributed by atoms with Crippen molar-refractivity contribution in [3.8, 4) is 22.6 Å². The van der Waals surface area contributed by atoms with Gasteiger partial charge in [0, 0.05) is 12.5 Å². The van der Waals surface area contributed by atoms with Crippen molar-refractivity contribution < 1.29 is 23.8 Å². The van der Waals surface area contributed by atoms with Gasteiger partial charge in [-0.3, -0.25) is 9.59 Å². The molecule has 0 saturated heterocycles. The van der Waals surface area contributed by atoms with Crippen molar-refractivity contribution in [2.24, 2.45) is 0 Å². The number of esters is 1. The molecule has 3 aromatic rings. The summed E-state index contributed by atoms with van der Waals surface area (Å²) in [6.45, 7) is 4.40. The van der Waals surface area contributed by atoms with E-state index in [1.54, 1.807) is 24.3 Å². The first kappa shape index (κ1) is 21.1. The molecule has 0 heterocycles. The predicted molar refractivity (Wildman–Crippen MR) is 115 cm³/mol. The molecule has 0 fully saturated rings. The molecule has 5 nitrogen and oxygen atoms in total. The number of benzene rings is 3. The van der Waals surface area contributed by atoms with Crippen LogP contribution in [0, 0.1) is 6.92 Å². The monoisotopic (exact) mass is 404 g/mol. The van der Waals surface area contributed by atoms with Crippen molar-refractivity contribution in [1.82, 2.24) is 0 Å². The summed E-state index contributed by atoms with van der Waals surface area (Å²) < 4.78 is 16.3. The van der Waals surface area contributed by atoms with Gasteiger partial charge < -0.3 is 14.2 Å². The van der Waals surface area contributed by atoms with Gasteiger partial charge in [-0.25, -0.2) is 0 Å². The van der Waals surface area contributed by atoms with Gasteiger partial charge in [-0.15, -0.1) is 0 Å². The third-order valence-corrected chi connectivity index (χ3v) is 4.51. The fourth-order valence-corrected chi connectivity index (χ4v) is 3.03. The molecule has 154 valence electrons. The fraction of sp³-hybridized carbons (Fsp3) is 0.200. The molecule has 0 amide bonds. The minimum atomic E-state index is -0.313. The Morgan fingerprint density at radius 3 is 2.37 bits per heavy atom. The van der Waals surface area contributed by atoms with E-state index in [2.05, 4.69) is 12.1 Å². The summed E-state index contributed by atoms with van der Waals surface area (Å²) >= 11 is 0. The molecule has 0 aliphatic rings. The Bertz CT molecular complexity index is 1010. The average molecular weight is 404 g/mol. The Kier molecular flexibility index (Phi) is 7.22. The van der Waals surface area contributed by atoms with E-state index < -0.39 is 0 Å². The van der Waals surface area contributed by atoms with E-state index >= 15 is 0 Å². The highest BCUT2D eigenvalue weighted by atomic mass is 16.6. The van der Waals surface area contributed by atoms with E-state index in [1.807, 2.05) is 37.3 Å². The van der Waals surface area contributed by atoms with Crippen LogP contribution >= 0.6 is 0 Å². The van der Waals surface area contributed by atoms with Gasteiger partial charge in [0.15, 0.2) is 0 Å². The summed E-state index contributed by atoms with van der Waals surface area (Å²) in [7, 11) is 0. The van der Waals surface area contributed by atoms with Crippen molar-refractivity contribution in [1.29, 1.82) is 0 Å². The van der Waals surface area contributed by atoms with Crippen LogP contribution in [-0.4, -0.2) is 25.5 Å². The SMILES string of the molecule is CC(=O)OCCOc1ccc(-c2cccc(COc3ccc(C=O)cc3)c2)c(C)c1. The maximum absolute atomic E-state index is 10.8. The normalized spacial score (nSPS) is 10.3. The van der Waals surface area contributed by atoms with Gasteiger partial charge in [0.05, 0.1) is 0 Å². The second-order valence-corrected chi connectivity index (χ2v) is 6.84. The molecule has 0 saturated carbocycles. The lowest BCUT2D eigenvalue weighted by Gasteiger charge is -2.12. The number of carbonyl (C=O) groups excluding carboxylic acids is 2. The zero-order valence-electron chi connectivity index (χ0n) is 17.1. The van der Waals surface area contributed by atoms with Gasteiger partial charge in [-0.1, -0.05) is 24.3 Å². The number of aryl methyl sites for hydroxylation is 1. The first-order valence-electron chi connectivity index (χ1n) is 9.69. The molecule has 3 aromatic carbocycles. The maximum atomic E-state index is 10.8. The molecule has 30 heavy (non-hydrogen) atoms. The summed E-state index contributed by atoms with van der Waals surface area (Å²) in [5.41, 5.74) is 4.96. The summed E-state index contributed by atoms with van der Waals surface area (Å²) in [5.74, 6) is 1.14. The molecule has 0 spiro atoms.